The molecule has 4 aromatic rings. The topological polar surface area (TPSA) is 56.7 Å². The quantitative estimate of drug-likeness (QED) is 0.485. The van der Waals surface area contributed by atoms with E-state index in [-0.39, 0.29) is 11.6 Å². The minimum Gasteiger partial charge on any atom is -0.497 e. The van der Waals surface area contributed by atoms with E-state index in [1.807, 2.05) is 34.9 Å². The second kappa shape index (κ2) is 7.50. The fourth-order valence-corrected chi connectivity index (χ4v) is 5.62. The molecule has 0 amide bonds. The highest BCUT2D eigenvalue weighted by molar-refractivity contribution is 7.07. The zero-order chi connectivity index (χ0) is 21.7. The average Bonchev–Trinajstić information content (AvgIpc) is 3.46. The van der Waals surface area contributed by atoms with Gasteiger partial charge in [-0.2, -0.15) is 0 Å². The fraction of sp³-hybridized carbons (Fsp3) is 0.154. The Morgan fingerprint density at radius 3 is 2.88 bits per heavy atom. The van der Waals surface area contributed by atoms with E-state index in [0.717, 1.165) is 35.4 Å². The van der Waals surface area contributed by atoms with Crippen LogP contribution in [0.3, 0.4) is 0 Å². The summed E-state index contributed by atoms with van der Waals surface area (Å²) in [6, 6.07) is 19.9. The molecule has 2 aromatic carbocycles. The number of allylic oxidation sites excluding steroid dienone is 1. The van der Waals surface area contributed by atoms with E-state index in [1.165, 1.54) is 22.5 Å². The van der Waals surface area contributed by atoms with Gasteiger partial charge in [0, 0.05) is 11.6 Å². The Hall–Kier alpha value is -3.64. The summed E-state index contributed by atoms with van der Waals surface area (Å²) in [4.78, 5) is 19.3. The van der Waals surface area contributed by atoms with Crippen molar-refractivity contribution in [1.82, 2.24) is 4.57 Å². The smallest absolute Gasteiger partial charge is 0.271 e. The molecule has 6 heteroatoms. The van der Waals surface area contributed by atoms with E-state index in [0.29, 0.717) is 15.1 Å². The number of furan rings is 1. The predicted molar refractivity (Wildman–Crippen MR) is 124 cm³/mol. The normalized spacial score (nSPS) is 17.4. The summed E-state index contributed by atoms with van der Waals surface area (Å²) in [5, 5.41) is 0. The summed E-state index contributed by atoms with van der Waals surface area (Å²) in [5.41, 5.74) is 5.60. The van der Waals surface area contributed by atoms with Crippen LogP contribution in [0.4, 0.5) is 0 Å². The molecule has 32 heavy (non-hydrogen) atoms. The number of methoxy groups -OCH3 is 1. The number of thiazole rings is 1. The van der Waals surface area contributed by atoms with Gasteiger partial charge in [-0.05, 0) is 53.8 Å². The van der Waals surface area contributed by atoms with Crippen LogP contribution in [0.15, 0.2) is 86.7 Å². The molecular weight excluding hydrogens is 420 g/mol. The molecule has 0 radical (unpaired) electrons. The minimum absolute atomic E-state index is 0.0524. The SMILES string of the molecule is COc1cccc([C@@H]2C3=C(N=c4s/c(=C\c5ccco5)c(=O)n42)c2ccccc2CC3)c1. The van der Waals surface area contributed by atoms with E-state index >= 15 is 0 Å². The van der Waals surface area contributed by atoms with Crippen LogP contribution in [0.5, 0.6) is 5.75 Å². The number of fused-ring (bicyclic) bond motifs is 3. The largest absolute Gasteiger partial charge is 0.497 e. The predicted octanol–water partition coefficient (Wildman–Crippen LogP) is 3.92. The Bertz CT molecular complexity index is 1540. The van der Waals surface area contributed by atoms with Gasteiger partial charge in [0.2, 0.25) is 0 Å². The Kier molecular flexibility index (Phi) is 4.47. The maximum absolute atomic E-state index is 13.6. The molecule has 158 valence electrons. The van der Waals surface area contributed by atoms with Crippen LogP contribution in [0.1, 0.15) is 34.9 Å². The monoisotopic (exact) mass is 440 g/mol. The highest BCUT2D eigenvalue weighted by atomic mass is 32.1. The van der Waals surface area contributed by atoms with Gasteiger partial charge in [-0.1, -0.05) is 47.7 Å². The molecule has 0 spiro atoms. The van der Waals surface area contributed by atoms with Crippen molar-refractivity contribution < 1.29 is 9.15 Å². The molecule has 5 nitrogen and oxygen atoms in total. The summed E-state index contributed by atoms with van der Waals surface area (Å²) < 4.78 is 13.4. The highest BCUT2D eigenvalue weighted by Crippen LogP contribution is 2.41. The first-order chi connectivity index (χ1) is 15.7. The van der Waals surface area contributed by atoms with E-state index in [2.05, 4.69) is 30.3 Å². The van der Waals surface area contributed by atoms with Gasteiger partial charge in [0.05, 0.1) is 29.6 Å². The van der Waals surface area contributed by atoms with Gasteiger partial charge in [-0.3, -0.25) is 9.36 Å². The van der Waals surface area contributed by atoms with E-state index in [4.69, 9.17) is 14.1 Å². The number of hydrogen-bond donors (Lipinski definition) is 0. The minimum atomic E-state index is -0.219. The first-order valence-corrected chi connectivity index (χ1v) is 11.3. The molecule has 0 N–H and O–H groups in total. The Morgan fingerprint density at radius 1 is 1.12 bits per heavy atom. The van der Waals surface area contributed by atoms with Crippen LogP contribution in [0, 0.1) is 0 Å². The van der Waals surface area contributed by atoms with E-state index < -0.39 is 0 Å². The first kappa shape index (κ1) is 19.1. The summed E-state index contributed by atoms with van der Waals surface area (Å²) >= 11 is 1.40. The number of nitrogens with zero attached hydrogens (tertiary/aromatic N) is 2. The standard InChI is InChI=1S/C26H20N2O3S/c1-30-18-8-4-7-17(14-18)24-21-12-11-16-6-2-3-10-20(16)23(21)27-26-28(24)25(29)22(32-26)15-19-9-5-13-31-19/h2-10,13-15,24H,11-12H2,1H3/b22-15-/t24-/m1/s1. The van der Waals surface area contributed by atoms with Crippen molar-refractivity contribution in [2.45, 2.75) is 18.9 Å². The van der Waals surface area contributed by atoms with E-state index in [9.17, 15) is 4.79 Å². The molecule has 2 aromatic heterocycles. The molecule has 0 unspecified atom stereocenters. The molecule has 1 aliphatic carbocycles. The molecule has 0 bridgehead atoms. The molecule has 0 fully saturated rings. The van der Waals surface area contributed by atoms with Crippen LogP contribution < -0.4 is 19.6 Å². The molecule has 2 aliphatic rings. The zero-order valence-electron chi connectivity index (χ0n) is 17.4. The Morgan fingerprint density at radius 2 is 2.03 bits per heavy atom. The fourth-order valence-electron chi connectivity index (χ4n) is 4.64. The molecule has 0 saturated carbocycles. The number of hydrogen-bond acceptors (Lipinski definition) is 5. The van der Waals surface area contributed by atoms with Gasteiger partial charge in [0.15, 0.2) is 4.80 Å². The third kappa shape index (κ3) is 2.99. The second-order valence-electron chi connectivity index (χ2n) is 7.91. The maximum atomic E-state index is 13.6. The van der Waals surface area contributed by atoms with E-state index in [1.54, 1.807) is 19.4 Å². The number of aryl methyl sites for hydroxylation is 1. The lowest BCUT2D eigenvalue weighted by Crippen LogP contribution is -2.38. The third-order valence-electron chi connectivity index (χ3n) is 6.10. The van der Waals surface area contributed by atoms with Crippen LogP contribution in [-0.4, -0.2) is 11.7 Å². The molecule has 1 aliphatic heterocycles. The number of aromatic nitrogens is 1. The second-order valence-corrected chi connectivity index (χ2v) is 8.91. The Balaban J connectivity index is 1.65. The van der Waals surface area contributed by atoms with Gasteiger partial charge in [-0.25, -0.2) is 4.99 Å². The number of benzene rings is 2. The van der Waals surface area contributed by atoms with Gasteiger partial charge in [-0.15, -0.1) is 0 Å². The molecule has 0 saturated heterocycles. The van der Waals surface area contributed by atoms with Gasteiger partial charge in [0.1, 0.15) is 11.5 Å². The van der Waals surface area contributed by atoms with Crippen molar-refractivity contribution in [2.75, 3.05) is 7.11 Å². The Labute approximate surface area is 188 Å². The summed E-state index contributed by atoms with van der Waals surface area (Å²) in [5.74, 6) is 1.43. The average molecular weight is 441 g/mol. The van der Waals surface area contributed by atoms with Crippen LogP contribution in [-0.2, 0) is 6.42 Å². The zero-order valence-corrected chi connectivity index (χ0v) is 18.3. The molecule has 3 heterocycles. The van der Waals surface area contributed by atoms with Crippen LogP contribution in [0.2, 0.25) is 0 Å². The lowest BCUT2D eigenvalue weighted by molar-refractivity contribution is 0.413. The van der Waals surface area contributed by atoms with Crippen molar-refractivity contribution in [3.8, 4) is 5.75 Å². The lowest BCUT2D eigenvalue weighted by atomic mass is 9.83. The molecule has 1 atom stereocenters. The summed E-state index contributed by atoms with van der Waals surface area (Å²) in [7, 11) is 1.66. The maximum Gasteiger partial charge on any atom is 0.271 e. The summed E-state index contributed by atoms with van der Waals surface area (Å²) in [6.45, 7) is 0. The van der Waals surface area contributed by atoms with Gasteiger partial charge < -0.3 is 9.15 Å². The van der Waals surface area contributed by atoms with Crippen molar-refractivity contribution in [2.24, 2.45) is 4.99 Å². The van der Waals surface area contributed by atoms with Crippen molar-refractivity contribution in [1.29, 1.82) is 0 Å². The van der Waals surface area contributed by atoms with Crippen molar-refractivity contribution in [3.05, 3.63) is 115 Å². The number of ether oxygens (including phenoxy) is 1. The van der Waals surface area contributed by atoms with Crippen LogP contribution >= 0.6 is 11.3 Å². The lowest BCUT2D eigenvalue weighted by Gasteiger charge is -2.31. The van der Waals surface area contributed by atoms with Gasteiger partial charge in [0.25, 0.3) is 5.56 Å². The molecule has 6 rings (SSSR count). The van der Waals surface area contributed by atoms with Crippen LogP contribution in [0.25, 0.3) is 11.8 Å². The highest BCUT2D eigenvalue weighted by Gasteiger charge is 2.32. The first-order valence-electron chi connectivity index (χ1n) is 10.5. The molecular formula is C26H20N2O3S. The summed E-state index contributed by atoms with van der Waals surface area (Å²) in [6.07, 6.45) is 5.20. The van der Waals surface area contributed by atoms with Crippen molar-refractivity contribution >= 4 is 23.1 Å². The van der Waals surface area contributed by atoms with Gasteiger partial charge >= 0.3 is 0 Å². The van der Waals surface area contributed by atoms with Crippen molar-refractivity contribution in [3.63, 3.8) is 0 Å². The third-order valence-corrected chi connectivity index (χ3v) is 7.08. The number of rotatable bonds is 3.